The lowest BCUT2D eigenvalue weighted by Gasteiger charge is -2.36. The summed E-state index contributed by atoms with van der Waals surface area (Å²) in [5.41, 5.74) is 0. The molecule has 3 saturated carbocycles. The van der Waals surface area contributed by atoms with Crippen molar-refractivity contribution in [3.8, 4) is 0 Å². The van der Waals surface area contributed by atoms with Crippen LogP contribution in [0.4, 0.5) is 0 Å². The third-order valence-corrected chi connectivity index (χ3v) is 5.96. The normalized spacial score (nSPS) is 55.9. The van der Waals surface area contributed by atoms with Crippen LogP contribution in [0.15, 0.2) is 12.2 Å². The molecule has 4 bridgehead atoms. The number of hydrogen-bond acceptors (Lipinski definition) is 1. The van der Waals surface area contributed by atoms with E-state index in [4.69, 9.17) is 0 Å². The molecule has 0 amide bonds. The highest BCUT2D eigenvalue weighted by Gasteiger charge is 2.60. The Hall–Kier alpha value is -0.590. The van der Waals surface area contributed by atoms with E-state index < -0.39 is 0 Å². The predicted molar refractivity (Wildman–Crippen MR) is 62.7 cm³/mol. The molecule has 7 atom stereocenters. The van der Waals surface area contributed by atoms with Gasteiger partial charge in [-0.2, -0.15) is 0 Å². The van der Waals surface area contributed by atoms with Crippen molar-refractivity contribution in [1.82, 2.24) is 0 Å². The van der Waals surface area contributed by atoms with Gasteiger partial charge in [-0.25, -0.2) is 0 Å². The van der Waals surface area contributed by atoms with Gasteiger partial charge < -0.3 is 4.79 Å². The van der Waals surface area contributed by atoms with Crippen molar-refractivity contribution < 1.29 is 4.79 Å². The quantitative estimate of drug-likeness (QED) is 0.512. The Labute approximate surface area is 97.3 Å². The molecule has 0 heterocycles. The zero-order chi connectivity index (χ0) is 10.9. The van der Waals surface area contributed by atoms with E-state index in [1.807, 2.05) is 0 Å². The zero-order valence-corrected chi connectivity index (χ0v) is 9.93. The third kappa shape index (κ3) is 1.05. The van der Waals surface area contributed by atoms with Crippen LogP contribution in [0, 0.1) is 41.4 Å². The minimum atomic E-state index is 0.410. The van der Waals surface area contributed by atoms with Crippen LogP contribution < -0.4 is 0 Å². The van der Waals surface area contributed by atoms with Gasteiger partial charge in [0.15, 0.2) is 0 Å². The fourth-order valence-corrected chi connectivity index (χ4v) is 5.76. The highest BCUT2D eigenvalue weighted by atomic mass is 16.1. The summed E-state index contributed by atoms with van der Waals surface area (Å²) in [6.07, 6.45) is 10.1. The lowest BCUT2D eigenvalue weighted by atomic mass is 9.68. The molecule has 1 heteroatoms. The second kappa shape index (κ2) is 3.00. The van der Waals surface area contributed by atoms with E-state index in [1.54, 1.807) is 6.92 Å². The van der Waals surface area contributed by atoms with Crippen LogP contribution in [0.1, 0.15) is 32.6 Å². The Morgan fingerprint density at radius 2 is 1.88 bits per heavy atom. The van der Waals surface area contributed by atoms with Crippen LogP contribution in [-0.2, 0) is 4.79 Å². The van der Waals surface area contributed by atoms with E-state index in [0.29, 0.717) is 5.78 Å². The number of rotatable bonds is 2. The van der Waals surface area contributed by atoms with Crippen LogP contribution in [0.25, 0.3) is 0 Å². The summed E-state index contributed by atoms with van der Waals surface area (Å²) in [5.74, 6) is 6.83. The van der Waals surface area contributed by atoms with E-state index in [1.165, 1.54) is 19.3 Å². The molecule has 4 aliphatic rings. The minimum absolute atomic E-state index is 0.410. The van der Waals surface area contributed by atoms with Gasteiger partial charge in [0.05, 0.1) is 0 Å². The van der Waals surface area contributed by atoms with Gasteiger partial charge in [0.1, 0.15) is 5.78 Å². The van der Waals surface area contributed by atoms with E-state index in [-0.39, 0.29) is 0 Å². The molecule has 0 saturated heterocycles. The maximum atomic E-state index is 11.3. The lowest BCUT2D eigenvalue weighted by molar-refractivity contribution is -0.118. The van der Waals surface area contributed by atoms with E-state index in [2.05, 4.69) is 12.2 Å². The SMILES string of the molecule is CC(=O)CC1CC2CC1C1C3C=CC(C3)C21. The van der Waals surface area contributed by atoms with Gasteiger partial charge >= 0.3 is 0 Å². The van der Waals surface area contributed by atoms with Crippen molar-refractivity contribution in [2.75, 3.05) is 0 Å². The number of carbonyl (C=O) groups excluding carboxylic acids is 1. The molecule has 0 N–H and O–H groups in total. The molecule has 0 aromatic carbocycles. The van der Waals surface area contributed by atoms with Crippen LogP contribution >= 0.6 is 0 Å². The molecule has 7 unspecified atom stereocenters. The van der Waals surface area contributed by atoms with Gasteiger partial charge in [-0.3, -0.25) is 0 Å². The topological polar surface area (TPSA) is 17.1 Å². The molecular formula is C15H20O. The maximum Gasteiger partial charge on any atom is 0.130 e. The van der Waals surface area contributed by atoms with E-state index in [0.717, 1.165) is 47.8 Å². The molecule has 0 spiro atoms. The summed E-state index contributed by atoms with van der Waals surface area (Å²) in [4.78, 5) is 11.3. The summed E-state index contributed by atoms with van der Waals surface area (Å²) in [6, 6.07) is 0. The molecule has 0 aromatic heterocycles. The molecular weight excluding hydrogens is 196 g/mol. The predicted octanol–water partition coefficient (Wildman–Crippen LogP) is 3.06. The van der Waals surface area contributed by atoms with Crippen molar-refractivity contribution in [2.45, 2.75) is 32.6 Å². The first-order valence-corrected chi connectivity index (χ1v) is 6.92. The summed E-state index contributed by atoms with van der Waals surface area (Å²) in [7, 11) is 0. The average molecular weight is 216 g/mol. The van der Waals surface area contributed by atoms with Crippen molar-refractivity contribution in [1.29, 1.82) is 0 Å². The van der Waals surface area contributed by atoms with Crippen LogP contribution in [-0.4, -0.2) is 5.78 Å². The second-order valence-corrected chi connectivity index (χ2v) is 6.66. The van der Waals surface area contributed by atoms with Gasteiger partial charge in [0, 0.05) is 6.42 Å². The molecule has 4 aliphatic carbocycles. The smallest absolute Gasteiger partial charge is 0.130 e. The van der Waals surface area contributed by atoms with Crippen molar-refractivity contribution >= 4 is 5.78 Å². The van der Waals surface area contributed by atoms with Crippen molar-refractivity contribution in [3.63, 3.8) is 0 Å². The van der Waals surface area contributed by atoms with Gasteiger partial charge in [0.2, 0.25) is 0 Å². The van der Waals surface area contributed by atoms with Gasteiger partial charge in [-0.15, -0.1) is 0 Å². The van der Waals surface area contributed by atoms with Gasteiger partial charge in [0.25, 0.3) is 0 Å². The first kappa shape index (κ1) is 9.44. The highest BCUT2D eigenvalue weighted by molar-refractivity contribution is 5.75. The largest absolute Gasteiger partial charge is 0.300 e. The Morgan fingerprint density at radius 3 is 2.62 bits per heavy atom. The average Bonchev–Trinajstić information content (AvgIpc) is 2.93. The molecule has 1 nitrogen and oxygen atoms in total. The number of ketones is 1. The Morgan fingerprint density at radius 1 is 1.12 bits per heavy atom. The fraction of sp³-hybridized carbons (Fsp3) is 0.800. The monoisotopic (exact) mass is 216 g/mol. The molecule has 4 rings (SSSR count). The van der Waals surface area contributed by atoms with Crippen LogP contribution in [0.2, 0.25) is 0 Å². The van der Waals surface area contributed by atoms with Crippen molar-refractivity contribution in [3.05, 3.63) is 12.2 Å². The lowest BCUT2D eigenvalue weighted by Crippen LogP contribution is -2.31. The first-order valence-electron chi connectivity index (χ1n) is 6.92. The summed E-state index contributed by atoms with van der Waals surface area (Å²) in [5, 5.41) is 0. The highest BCUT2D eigenvalue weighted by Crippen LogP contribution is 2.67. The van der Waals surface area contributed by atoms with Crippen LogP contribution in [0.5, 0.6) is 0 Å². The molecule has 0 aliphatic heterocycles. The number of Topliss-reactive ketones (excluding diaryl/α,β-unsaturated/α-hetero) is 1. The number of hydrogen-bond donors (Lipinski definition) is 0. The molecule has 16 heavy (non-hydrogen) atoms. The number of carbonyl (C=O) groups is 1. The van der Waals surface area contributed by atoms with Gasteiger partial charge in [-0.05, 0) is 67.6 Å². The molecule has 0 radical (unpaired) electrons. The summed E-state index contributed by atoms with van der Waals surface area (Å²) in [6.45, 7) is 1.77. The second-order valence-electron chi connectivity index (χ2n) is 6.66. The Balaban J connectivity index is 1.61. The maximum absolute atomic E-state index is 11.3. The first-order chi connectivity index (χ1) is 7.74. The molecule has 3 fully saturated rings. The van der Waals surface area contributed by atoms with Crippen LogP contribution in [0.3, 0.4) is 0 Å². The fourth-order valence-electron chi connectivity index (χ4n) is 5.76. The summed E-state index contributed by atoms with van der Waals surface area (Å²) < 4.78 is 0. The standard InChI is InChI=1S/C15H20O/c1-8(16)4-11-6-12-7-13(11)15-10-3-2-9(5-10)14(12)15/h2-3,9-15H,4-7H2,1H3. The minimum Gasteiger partial charge on any atom is -0.300 e. The van der Waals surface area contributed by atoms with E-state index in [9.17, 15) is 4.79 Å². The van der Waals surface area contributed by atoms with Crippen molar-refractivity contribution in [2.24, 2.45) is 41.4 Å². The number of fused-ring (bicyclic) bond motifs is 9. The van der Waals surface area contributed by atoms with Gasteiger partial charge in [-0.1, -0.05) is 12.2 Å². The molecule has 0 aromatic rings. The Bertz CT molecular complexity index is 370. The number of allylic oxidation sites excluding steroid dienone is 2. The summed E-state index contributed by atoms with van der Waals surface area (Å²) >= 11 is 0. The zero-order valence-electron chi connectivity index (χ0n) is 9.93. The molecule has 86 valence electrons. The Kier molecular flexibility index (Phi) is 1.77. The van der Waals surface area contributed by atoms with E-state index >= 15 is 0 Å². The third-order valence-electron chi connectivity index (χ3n) is 5.96.